The first kappa shape index (κ1) is 15.3. The second kappa shape index (κ2) is 6.69. The van der Waals surface area contributed by atoms with E-state index >= 15 is 0 Å². The predicted molar refractivity (Wildman–Crippen MR) is 87.4 cm³/mol. The van der Waals surface area contributed by atoms with Crippen LogP contribution in [-0.4, -0.2) is 29.8 Å². The van der Waals surface area contributed by atoms with E-state index in [0.29, 0.717) is 23.4 Å². The largest absolute Gasteiger partial charge is 0.469 e. The minimum absolute atomic E-state index is 0.174. The fourth-order valence-corrected chi connectivity index (χ4v) is 2.78. The van der Waals surface area contributed by atoms with Gasteiger partial charge in [-0.1, -0.05) is 12.1 Å². The molecular weight excluding hydrogens is 292 g/mol. The molecule has 1 aromatic carbocycles. The average molecular weight is 312 g/mol. The Morgan fingerprint density at radius 3 is 2.43 bits per heavy atom. The molecule has 5 nitrogen and oxygen atoms in total. The molecule has 0 saturated carbocycles. The number of hydrogen-bond acceptors (Lipinski definition) is 3. The Bertz CT molecular complexity index is 697. The van der Waals surface area contributed by atoms with E-state index in [-0.39, 0.29) is 11.8 Å². The highest BCUT2D eigenvalue weighted by molar-refractivity contribution is 6.04. The predicted octanol–water partition coefficient (Wildman–Crippen LogP) is 3.01. The van der Waals surface area contributed by atoms with Crippen LogP contribution in [0.3, 0.4) is 0 Å². The molecule has 120 valence electrons. The van der Waals surface area contributed by atoms with Crippen LogP contribution in [0.15, 0.2) is 41.0 Å². The molecule has 1 aliphatic heterocycles. The highest BCUT2D eigenvalue weighted by Gasteiger charge is 2.18. The lowest BCUT2D eigenvalue weighted by Crippen LogP contribution is -2.29. The molecule has 0 unspecified atom stereocenters. The van der Waals surface area contributed by atoms with E-state index in [1.807, 2.05) is 29.2 Å². The van der Waals surface area contributed by atoms with E-state index in [1.54, 1.807) is 13.0 Å². The summed E-state index contributed by atoms with van der Waals surface area (Å²) >= 11 is 0. The van der Waals surface area contributed by atoms with Crippen LogP contribution in [0.5, 0.6) is 0 Å². The Labute approximate surface area is 135 Å². The number of carbonyl (C=O) groups is 2. The van der Waals surface area contributed by atoms with Gasteiger partial charge in [0.05, 0.1) is 18.2 Å². The quantitative estimate of drug-likeness (QED) is 0.944. The highest BCUT2D eigenvalue weighted by Crippen LogP contribution is 2.16. The van der Waals surface area contributed by atoms with Gasteiger partial charge in [0, 0.05) is 18.8 Å². The summed E-state index contributed by atoms with van der Waals surface area (Å²) in [7, 11) is 0. The Balaban J connectivity index is 1.59. The topological polar surface area (TPSA) is 62.6 Å². The molecule has 23 heavy (non-hydrogen) atoms. The van der Waals surface area contributed by atoms with Crippen molar-refractivity contribution in [3.8, 4) is 0 Å². The number of hydrogen-bond donors (Lipinski definition) is 1. The second-order valence-corrected chi connectivity index (χ2v) is 5.81. The second-order valence-electron chi connectivity index (χ2n) is 5.81. The van der Waals surface area contributed by atoms with E-state index in [2.05, 4.69) is 5.32 Å². The van der Waals surface area contributed by atoms with Gasteiger partial charge in [-0.25, -0.2) is 0 Å². The van der Waals surface area contributed by atoms with Crippen LogP contribution in [-0.2, 0) is 11.2 Å². The molecule has 0 spiro atoms. The summed E-state index contributed by atoms with van der Waals surface area (Å²) in [6, 6.07) is 9.05. The SMILES string of the molecule is Cc1occc1C(=O)Nc1ccc(CC(=O)N2CCCC2)cc1. The van der Waals surface area contributed by atoms with Gasteiger partial charge < -0.3 is 14.6 Å². The van der Waals surface area contributed by atoms with Crippen molar-refractivity contribution in [2.45, 2.75) is 26.2 Å². The van der Waals surface area contributed by atoms with Gasteiger partial charge in [0.15, 0.2) is 0 Å². The van der Waals surface area contributed by atoms with Gasteiger partial charge in [-0.05, 0) is 43.5 Å². The average Bonchev–Trinajstić information content (AvgIpc) is 3.20. The van der Waals surface area contributed by atoms with Gasteiger partial charge >= 0.3 is 0 Å². The summed E-state index contributed by atoms with van der Waals surface area (Å²) in [5.74, 6) is 0.570. The number of carbonyl (C=O) groups excluding carboxylic acids is 2. The van der Waals surface area contributed by atoms with Gasteiger partial charge in [-0.2, -0.15) is 0 Å². The maximum atomic E-state index is 12.1. The van der Waals surface area contributed by atoms with Gasteiger partial charge in [0.25, 0.3) is 5.91 Å². The summed E-state index contributed by atoms with van der Waals surface area (Å²) in [6.07, 6.45) is 4.11. The molecule has 1 aromatic heterocycles. The molecule has 0 atom stereocenters. The van der Waals surface area contributed by atoms with Crippen molar-refractivity contribution >= 4 is 17.5 Å². The summed E-state index contributed by atoms with van der Waals surface area (Å²) < 4.78 is 5.13. The van der Waals surface area contributed by atoms with E-state index in [9.17, 15) is 9.59 Å². The lowest BCUT2D eigenvalue weighted by molar-refractivity contribution is -0.129. The molecule has 2 heterocycles. The monoisotopic (exact) mass is 312 g/mol. The molecule has 0 bridgehead atoms. The lowest BCUT2D eigenvalue weighted by atomic mass is 10.1. The zero-order valence-corrected chi connectivity index (χ0v) is 13.2. The van der Waals surface area contributed by atoms with Crippen LogP contribution in [0.25, 0.3) is 0 Å². The third-order valence-electron chi connectivity index (χ3n) is 4.13. The minimum atomic E-state index is -0.197. The molecule has 0 radical (unpaired) electrons. The van der Waals surface area contributed by atoms with Crippen LogP contribution in [0.2, 0.25) is 0 Å². The molecule has 1 saturated heterocycles. The molecule has 5 heteroatoms. The number of likely N-dealkylation sites (tertiary alicyclic amines) is 1. The molecule has 1 N–H and O–H groups in total. The number of anilines is 1. The Hall–Kier alpha value is -2.56. The zero-order chi connectivity index (χ0) is 16.2. The van der Waals surface area contributed by atoms with Crippen LogP contribution < -0.4 is 5.32 Å². The minimum Gasteiger partial charge on any atom is -0.469 e. The van der Waals surface area contributed by atoms with Crippen LogP contribution >= 0.6 is 0 Å². The normalized spacial score (nSPS) is 14.0. The lowest BCUT2D eigenvalue weighted by Gasteiger charge is -2.15. The van der Waals surface area contributed by atoms with Crippen molar-refractivity contribution in [1.82, 2.24) is 4.90 Å². The first-order valence-corrected chi connectivity index (χ1v) is 7.85. The number of aryl methyl sites for hydroxylation is 1. The summed E-state index contributed by atoms with van der Waals surface area (Å²) in [6.45, 7) is 3.50. The van der Waals surface area contributed by atoms with E-state index < -0.39 is 0 Å². The highest BCUT2D eigenvalue weighted by atomic mass is 16.3. The van der Waals surface area contributed by atoms with Crippen molar-refractivity contribution in [3.05, 3.63) is 53.5 Å². The Morgan fingerprint density at radius 1 is 1.13 bits per heavy atom. The van der Waals surface area contributed by atoms with Gasteiger partial charge in [-0.3, -0.25) is 9.59 Å². The summed E-state index contributed by atoms with van der Waals surface area (Å²) in [5.41, 5.74) is 2.19. The maximum Gasteiger partial charge on any atom is 0.259 e. The van der Waals surface area contributed by atoms with E-state index in [4.69, 9.17) is 4.42 Å². The van der Waals surface area contributed by atoms with Crippen molar-refractivity contribution < 1.29 is 14.0 Å². The van der Waals surface area contributed by atoms with Crippen molar-refractivity contribution in [2.75, 3.05) is 18.4 Å². The number of nitrogens with one attached hydrogen (secondary N) is 1. The Kier molecular flexibility index (Phi) is 4.46. The molecular formula is C18H20N2O3. The van der Waals surface area contributed by atoms with Crippen LogP contribution in [0, 0.1) is 6.92 Å². The standard InChI is InChI=1S/C18H20N2O3/c1-13-16(8-11-23-13)18(22)19-15-6-4-14(5-7-15)12-17(21)20-9-2-3-10-20/h4-8,11H,2-3,9-10,12H2,1H3,(H,19,22). The van der Waals surface area contributed by atoms with Gasteiger partial charge in [-0.15, -0.1) is 0 Å². The molecule has 2 amide bonds. The smallest absolute Gasteiger partial charge is 0.259 e. The molecule has 0 aliphatic carbocycles. The third kappa shape index (κ3) is 3.62. The van der Waals surface area contributed by atoms with E-state index in [0.717, 1.165) is 31.5 Å². The molecule has 1 fully saturated rings. The number of amides is 2. The van der Waals surface area contributed by atoms with Crippen molar-refractivity contribution in [1.29, 1.82) is 0 Å². The van der Waals surface area contributed by atoms with Crippen LogP contribution in [0.1, 0.15) is 34.5 Å². The maximum absolute atomic E-state index is 12.1. The van der Waals surface area contributed by atoms with Crippen molar-refractivity contribution in [3.63, 3.8) is 0 Å². The summed E-state index contributed by atoms with van der Waals surface area (Å²) in [5, 5.41) is 2.83. The molecule has 2 aromatic rings. The number of nitrogens with zero attached hydrogens (tertiary/aromatic N) is 1. The van der Waals surface area contributed by atoms with Gasteiger partial charge in [0.1, 0.15) is 5.76 Å². The first-order chi connectivity index (χ1) is 11.1. The third-order valence-corrected chi connectivity index (χ3v) is 4.13. The molecule has 1 aliphatic rings. The first-order valence-electron chi connectivity index (χ1n) is 7.85. The van der Waals surface area contributed by atoms with E-state index in [1.165, 1.54) is 6.26 Å². The molecule has 3 rings (SSSR count). The van der Waals surface area contributed by atoms with Crippen LogP contribution in [0.4, 0.5) is 5.69 Å². The zero-order valence-electron chi connectivity index (χ0n) is 13.2. The fourth-order valence-electron chi connectivity index (χ4n) is 2.78. The van der Waals surface area contributed by atoms with Crippen molar-refractivity contribution in [2.24, 2.45) is 0 Å². The summed E-state index contributed by atoms with van der Waals surface area (Å²) in [4.78, 5) is 26.1. The fraction of sp³-hybridized carbons (Fsp3) is 0.333. The number of benzene rings is 1. The Morgan fingerprint density at radius 2 is 1.83 bits per heavy atom. The number of furan rings is 1. The van der Waals surface area contributed by atoms with Gasteiger partial charge in [0.2, 0.25) is 5.91 Å². The number of rotatable bonds is 4.